The van der Waals surface area contributed by atoms with Crippen molar-refractivity contribution < 1.29 is 0 Å². The lowest BCUT2D eigenvalue weighted by molar-refractivity contribution is 1.04. The third kappa shape index (κ3) is 25.3. The van der Waals surface area contributed by atoms with Gasteiger partial charge in [-0.15, -0.1) is 23.2 Å². The molecule has 0 radical (unpaired) electrons. The molecule has 0 saturated carbocycles. The van der Waals surface area contributed by atoms with Gasteiger partial charge in [0, 0.05) is 0 Å². The molecule has 0 aliphatic carbocycles. The molecule has 0 spiro atoms. The fourth-order valence-corrected chi connectivity index (χ4v) is 0. The van der Waals surface area contributed by atoms with Crippen LogP contribution < -0.4 is 0 Å². The Morgan fingerprint density at radius 1 is 1.38 bits per heavy atom. The Hall–Kier alpha value is 1.69. The van der Waals surface area contributed by atoms with Crippen LogP contribution in [0.3, 0.4) is 0 Å². The molecule has 0 bridgehead atoms. The minimum Gasteiger partial charge on any atom is -0.240 e. The SMILES string of the molecule is CCC(Cl)Cl.[Cl][AlH][Cl]. The molecule has 0 fully saturated rings. The molecule has 0 aromatic carbocycles. The molecule has 0 N–H and O–H groups in total. The van der Waals surface area contributed by atoms with Crippen molar-refractivity contribution in [2.24, 2.45) is 0 Å². The Bertz CT molecular complexity index is 32.5. The molecule has 0 nitrogen and oxygen atoms in total. The van der Waals surface area contributed by atoms with Gasteiger partial charge in [0.25, 0.3) is 0 Å². The molecular formula is C3H7AlCl4. The van der Waals surface area contributed by atoms with E-state index in [0.717, 1.165) is 6.42 Å². The van der Waals surface area contributed by atoms with E-state index in [9.17, 15) is 0 Å². The Labute approximate surface area is 74.6 Å². The molecule has 5 heteroatoms. The standard InChI is InChI=1S/C3H6Cl2.Al.2ClH.H/c1-2-3(4)5;;;;/h3H,2H2,1H3;;2*1H;/q;+2;;;/p-2. The normalized spacial score (nSPS) is 7.75. The first-order chi connectivity index (χ1) is 3.68. The number of alkyl halides is 2. The highest BCUT2D eigenvalue weighted by atomic mass is 35.7. The number of halogens is 4. The summed E-state index contributed by atoms with van der Waals surface area (Å²) in [7, 11) is 9.81. The van der Waals surface area contributed by atoms with E-state index in [-0.39, 0.29) is 4.84 Å². The summed E-state index contributed by atoms with van der Waals surface area (Å²) in [5, 5.41) is 0. The van der Waals surface area contributed by atoms with Gasteiger partial charge in [0.05, 0.1) is 0 Å². The molecule has 8 heavy (non-hydrogen) atoms. The van der Waals surface area contributed by atoms with Crippen LogP contribution >= 0.6 is 43.3 Å². The topological polar surface area (TPSA) is 0 Å². The number of hydrogen-bond acceptors (Lipinski definition) is 0. The van der Waals surface area contributed by atoms with Crippen molar-refractivity contribution >= 4 is 56.7 Å². The van der Waals surface area contributed by atoms with Gasteiger partial charge >= 0.3 is 13.4 Å². The van der Waals surface area contributed by atoms with Gasteiger partial charge < -0.3 is 0 Å². The van der Waals surface area contributed by atoms with Crippen LogP contribution in [0.15, 0.2) is 0 Å². The first-order valence-corrected chi connectivity index (χ1v) is 7.24. The monoisotopic (exact) mass is 210 g/mol. The van der Waals surface area contributed by atoms with Crippen LogP contribution in [0.4, 0.5) is 0 Å². The van der Waals surface area contributed by atoms with Gasteiger partial charge in [-0.2, -0.15) is 0 Å². The van der Waals surface area contributed by atoms with Crippen molar-refractivity contribution in [1.29, 1.82) is 0 Å². The van der Waals surface area contributed by atoms with Gasteiger partial charge in [-0.1, -0.05) is 6.92 Å². The predicted octanol–water partition coefficient (Wildman–Crippen LogP) is 2.93. The molecule has 0 aromatic heterocycles. The minimum atomic E-state index is -0.639. The Balaban J connectivity index is 0. The van der Waals surface area contributed by atoms with Crippen LogP contribution in [0.2, 0.25) is 0 Å². The molecule has 0 amide bonds. The summed E-state index contributed by atoms with van der Waals surface area (Å²) in [6.07, 6.45) is 0.836. The number of hydrogen-bond donors (Lipinski definition) is 0. The molecule has 0 saturated heterocycles. The highest BCUT2D eigenvalue weighted by molar-refractivity contribution is 7.22. The van der Waals surface area contributed by atoms with Crippen molar-refractivity contribution in [3.8, 4) is 0 Å². The first-order valence-electron chi connectivity index (χ1n) is 2.09. The summed E-state index contributed by atoms with van der Waals surface area (Å²) in [6, 6.07) is 0. The van der Waals surface area contributed by atoms with E-state index >= 15 is 0 Å². The van der Waals surface area contributed by atoms with Gasteiger partial charge in [0.1, 0.15) is 4.84 Å². The molecule has 0 rings (SSSR count). The van der Waals surface area contributed by atoms with E-state index in [1.165, 1.54) is 0 Å². The van der Waals surface area contributed by atoms with Crippen LogP contribution in [0, 0.1) is 0 Å². The quantitative estimate of drug-likeness (QED) is 0.462. The van der Waals surface area contributed by atoms with Crippen molar-refractivity contribution in [3.05, 3.63) is 0 Å². The van der Waals surface area contributed by atoms with Gasteiger partial charge in [-0.25, -0.2) is 20.1 Å². The average molecular weight is 212 g/mol. The summed E-state index contributed by atoms with van der Waals surface area (Å²) in [5.41, 5.74) is 0. The molecule has 0 aromatic rings. The Morgan fingerprint density at radius 2 is 1.50 bits per heavy atom. The molecule has 0 aliphatic heterocycles. The second-order valence-corrected chi connectivity index (χ2v) is 4.80. The van der Waals surface area contributed by atoms with Crippen molar-refractivity contribution in [3.63, 3.8) is 0 Å². The second-order valence-electron chi connectivity index (χ2n) is 0.900. The third-order valence-electron chi connectivity index (χ3n) is 0.309. The second kappa shape index (κ2) is 11.5. The minimum absolute atomic E-state index is 0.171. The fourth-order valence-electron chi connectivity index (χ4n) is 0. The zero-order valence-corrected chi connectivity index (χ0v) is 8.94. The molecular weight excluding hydrogens is 205 g/mol. The van der Waals surface area contributed by atoms with Gasteiger partial charge in [0.15, 0.2) is 0 Å². The zero-order valence-electron chi connectivity index (χ0n) is 4.50. The number of rotatable bonds is 1. The summed E-state index contributed by atoms with van der Waals surface area (Å²) < 4.78 is 0. The van der Waals surface area contributed by atoms with Gasteiger partial charge in [0.2, 0.25) is 0 Å². The molecule has 0 heterocycles. The lowest BCUT2D eigenvalue weighted by Crippen LogP contribution is -1.75. The molecule has 50 valence electrons. The predicted molar refractivity (Wildman–Crippen MR) is 44.6 cm³/mol. The molecule has 0 unspecified atom stereocenters. The Morgan fingerprint density at radius 3 is 1.50 bits per heavy atom. The Kier molecular flexibility index (Phi) is 17.8. The van der Waals surface area contributed by atoms with Crippen LogP contribution in [0.1, 0.15) is 13.3 Å². The highest BCUT2D eigenvalue weighted by Crippen LogP contribution is 2.03. The third-order valence-corrected chi connectivity index (χ3v) is 0.926. The summed E-state index contributed by atoms with van der Waals surface area (Å²) in [4.78, 5) is -0.171. The molecule has 0 aliphatic rings. The smallest absolute Gasteiger partial charge is 0.240 e. The van der Waals surface area contributed by atoms with Gasteiger partial charge in [-0.3, -0.25) is 0 Å². The van der Waals surface area contributed by atoms with E-state index in [2.05, 4.69) is 0 Å². The van der Waals surface area contributed by atoms with Crippen molar-refractivity contribution in [2.75, 3.05) is 0 Å². The summed E-state index contributed by atoms with van der Waals surface area (Å²) >= 11 is 9.82. The van der Waals surface area contributed by atoms with Gasteiger partial charge in [-0.05, 0) is 6.42 Å². The maximum Gasteiger partial charge on any atom is 0.499 e. The summed E-state index contributed by atoms with van der Waals surface area (Å²) in [5.74, 6) is 0. The van der Waals surface area contributed by atoms with Crippen LogP contribution in [-0.4, -0.2) is 18.2 Å². The van der Waals surface area contributed by atoms with Crippen LogP contribution in [-0.2, 0) is 0 Å². The largest absolute Gasteiger partial charge is 0.499 e. The lowest BCUT2D eigenvalue weighted by Gasteiger charge is -1.84. The van der Waals surface area contributed by atoms with Crippen molar-refractivity contribution in [2.45, 2.75) is 18.2 Å². The maximum absolute atomic E-state index is 5.23. The summed E-state index contributed by atoms with van der Waals surface area (Å²) in [6.45, 7) is 1.94. The first kappa shape index (κ1) is 12.4. The van der Waals surface area contributed by atoms with Crippen LogP contribution in [0.5, 0.6) is 0 Å². The lowest BCUT2D eigenvalue weighted by atomic mass is 10.6. The van der Waals surface area contributed by atoms with Crippen LogP contribution in [0.25, 0.3) is 0 Å². The fraction of sp³-hybridized carbons (Fsp3) is 1.00. The maximum atomic E-state index is 5.23. The van der Waals surface area contributed by atoms with E-state index in [1.54, 1.807) is 0 Å². The average Bonchev–Trinajstić information content (AvgIpc) is 1.69. The van der Waals surface area contributed by atoms with Crippen molar-refractivity contribution in [1.82, 2.24) is 0 Å². The van der Waals surface area contributed by atoms with E-state index in [0.29, 0.717) is 0 Å². The zero-order chi connectivity index (χ0) is 6.99. The van der Waals surface area contributed by atoms with E-state index in [4.69, 9.17) is 43.3 Å². The van der Waals surface area contributed by atoms with E-state index < -0.39 is 13.4 Å². The molecule has 0 atom stereocenters. The highest BCUT2D eigenvalue weighted by Gasteiger charge is 1.86. The van der Waals surface area contributed by atoms with E-state index in [1.807, 2.05) is 6.92 Å².